The molecule has 43 heavy (non-hydrogen) atoms. The summed E-state index contributed by atoms with van der Waals surface area (Å²) in [4.78, 5) is 19.5. The third-order valence-electron chi connectivity index (χ3n) is 6.80. The molecule has 0 amide bonds. The van der Waals surface area contributed by atoms with Crippen LogP contribution in [0, 0.1) is 0 Å². The lowest BCUT2D eigenvalue weighted by molar-refractivity contribution is 0.104. The molecule has 4 aromatic heterocycles. The second kappa shape index (κ2) is 12.4. The Hall–Kier alpha value is -5.19. The summed E-state index contributed by atoms with van der Waals surface area (Å²) in [6, 6.07) is 28.4. The van der Waals surface area contributed by atoms with Gasteiger partial charge in [0.2, 0.25) is 0 Å². The number of hydrogen-bond acceptors (Lipinski definition) is 8. The van der Waals surface area contributed by atoms with Crippen molar-refractivity contribution >= 4 is 55.6 Å². The van der Waals surface area contributed by atoms with Crippen molar-refractivity contribution in [3.05, 3.63) is 127 Å². The second-order valence-corrected chi connectivity index (χ2v) is 10.9. The van der Waals surface area contributed by atoms with Crippen molar-refractivity contribution in [1.29, 1.82) is 0 Å². The molecule has 0 aliphatic rings. The highest BCUT2D eigenvalue weighted by Crippen LogP contribution is 2.23. The quantitative estimate of drug-likeness (QED) is 0.193. The van der Waals surface area contributed by atoms with Crippen molar-refractivity contribution in [2.45, 2.75) is 23.9 Å². The molecular weight excluding hydrogens is 556 g/mol. The third-order valence-corrected chi connectivity index (χ3v) is 7.84. The van der Waals surface area contributed by atoms with Crippen LogP contribution in [0.15, 0.2) is 115 Å². The first-order valence-electron chi connectivity index (χ1n) is 13.7. The van der Waals surface area contributed by atoms with Gasteiger partial charge in [0.15, 0.2) is 0 Å². The van der Waals surface area contributed by atoms with Gasteiger partial charge in [-0.25, -0.2) is 9.97 Å². The number of thioether (sulfide) groups is 1. The first-order chi connectivity index (χ1) is 21.3. The van der Waals surface area contributed by atoms with Gasteiger partial charge >= 0.3 is 0 Å². The summed E-state index contributed by atoms with van der Waals surface area (Å²) in [5, 5.41) is 16.1. The maximum atomic E-state index is 5.70. The maximum Gasteiger partial charge on any atom is 0.0912 e. The van der Waals surface area contributed by atoms with Crippen molar-refractivity contribution in [2.24, 2.45) is 0 Å². The van der Waals surface area contributed by atoms with Gasteiger partial charge in [0.1, 0.15) is 0 Å². The molecule has 0 fully saturated rings. The summed E-state index contributed by atoms with van der Waals surface area (Å²) in [6.45, 7) is 1.01. The van der Waals surface area contributed by atoms with E-state index in [0.717, 1.165) is 66.6 Å². The number of aromatic nitrogens is 8. The van der Waals surface area contributed by atoms with Crippen LogP contribution in [-0.2, 0) is 23.7 Å². The van der Waals surface area contributed by atoms with Crippen LogP contribution in [0.2, 0.25) is 0 Å². The summed E-state index contributed by atoms with van der Waals surface area (Å²) in [6.07, 6.45) is 7.20. The standard InChI is InChI=1S/C17H14N4O.C16H12N4S/c1-2-4-12(5-3-1)10-22-11-14-9-18-16-6-13-8-19-21-15(13)7-17(16)20-14;1-2-4-13(5-3-1)21-10-12-9-17-15-7-14-11(8-18-20-14)6-16(15)19-12/h1-9H,10-11H2,(H,19,21);1-9H,10H2,(H,18,20). The second-order valence-electron chi connectivity index (χ2n) is 9.90. The highest BCUT2D eigenvalue weighted by molar-refractivity contribution is 7.98. The average Bonchev–Trinajstić information content (AvgIpc) is 3.71. The minimum Gasteiger partial charge on any atom is -0.370 e. The van der Waals surface area contributed by atoms with E-state index in [1.807, 2.05) is 85.2 Å². The van der Waals surface area contributed by atoms with Gasteiger partial charge in [-0.15, -0.1) is 11.8 Å². The molecule has 0 saturated heterocycles. The number of nitrogens with zero attached hydrogens (tertiary/aromatic N) is 6. The summed E-state index contributed by atoms with van der Waals surface area (Å²) >= 11 is 1.77. The molecule has 0 aliphatic carbocycles. The first kappa shape index (κ1) is 26.7. The van der Waals surface area contributed by atoms with E-state index in [1.54, 1.807) is 24.2 Å². The van der Waals surface area contributed by atoms with Gasteiger partial charge in [-0.2, -0.15) is 10.2 Å². The molecule has 210 valence electrons. The molecule has 10 heteroatoms. The molecule has 8 rings (SSSR count). The van der Waals surface area contributed by atoms with E-state index in [1.165, 1.54) is 4.90 Å². The average molecular weight is 583 g/mol. The number of hydrogen-bond donors (Lipinski definition) is 2. The van der Waals surface area contributed by atoms with E-state index in [-0.39, 0.29) is 0 Å². The number of nitrogens with one attached hydrogen (secondary N) is 2. The Bertz CT molecular complexity index is 2130. The summed E-state index contributed by atoms with van der Waals surface area (Å²) < 4.78 is 5.70. The maximum absolute atomic E-state index is 5.70. The Morgan fingerprint density at radius 1 is 0.581 bits per heavy atom. The van der Waals surface area contributed by atoms with Crippen LogP contribution in [0.3, 0.4) is 0 Å². The van der Waals surface area contributed by atoms with Gasteiger partial charge in [0.25, 0.3) is 0 Å². The van der Waals surface area contributed by atoms with E-state index in [9.17, 15) is 0 Å². The zero-order chi connectivity index (χ0) is 28.8. The predicted octanol–water partition coefficient (Wildman–Crippen LogP) is 7.02. The Labute approximate surface area is 250 Å². The minimum absolute atomic E-state index is 0.443. The predicted molar refractivity (Wildman–Crippen MR) is 169 cm³/mol. The van der Waals surface area contributed by atoms with E-state index in [0.29, 0.717) is 13.2 Å². The number of ether oxygens (including phenoxy) is 1. The fourth-order valence-corrected chi connectivity index (χ4v) is 5.44. The molecule has 9 nitrogen and oxygen atoms in total. The lowest BCUT2D eigenvalue weighted by atomic mass is 10.2. The minimum atomic E-state index is 0.443. The van der Waals surface area contributed by atoms with E-state index in [4.69, 9.17) is 9.72 Å². The smallest absolute Gasteiger partial charge is 0.0912 e. The molecule has 2 N–H and O–H groups in total. The Morgan fingerprint density at radius 3 is 1.91 bits per heavy atom. The number of aromatic amines is 2. The van der Waals surface area contributed by atoms with Crippen molar-refractivity contribution in [1.82, 2.24) is 40.3 Å². The van der Waals surface area contributed by atoms with Crippen LogP contribution in [-0.4, -0.2) is 40.3 Å². The first-order valence-corrected chi connectivity index (χ1v) is 14.7. The molecule has 4 heterocycles. The Kier molecular flexibility index (Phi) is 7.67. The monoisotopic (exact) mass is 582 g/mol. The highest BCUT2D eigenvalue weighted by atomic mass is 32.2. The fourth-order valence-electron chi connectivity index (χ4n) is 4.64. The SMILES string of the molecule is c1ccc(COCc2cnc3cc4cn[nH]c4cc3n2)cc1.c1ccc(SCc2cnc3cc4[nH]ncc4cc3n2)cc1. The van der Waals surface area contributed by atoms with Crippen molar-refractivity contribution < 1.29 is 4.74 Å². The Morgan fingerprint density at radius 2 is 1.16 bits per heavy atom. The van der Waals surface area contributed by atoms with Gasteiger partial charge < -0.3 is 4.74 Å². The van der Waals surface area contributed by atoms with Gasteiger partial charge in [0.05, 0.1) is 76.3 Å². The Balaban J connectivity index is 0.000000140. The zero-order valence-corrected chi connectivity index (χ0v) is 23.8. The molecule has 0 spiro atoms. The molecule has 0 unspecified atom stereocenters. The molecule has 0 aliphatic heterocycles. The van der Waals surface area contributed by atoms with Crippen molar-refractivity contribution in [3.63, 3.8) is 0 Å². The topological polar surface area (TPSA) is 118 Å². The van der Waals surface area contributed by atoms with Gasteiger partial charge in [0, 0.05) is 27.6 Å². The van der Waals surface area contributed by atoms with Crippen LogP contribution in [0.1, 0.15) is 17.0 Å². The summed E-state index contributed by atoms with van der Waals surface area (Å²) in [5.41, 5.74) is 8.41. The molecule has 4 aromatic carbocycles. The molecule has 8 aromatic rings. The van der Waals surface area contributed by atoms with E-state index >= 15 is 0 Å². The van der Waals surface area contributed by atoms with Crippen LogP contribution < -0.4 is 0 Å². The summed E-state index contributed by atoms with van der Waals surface area (Å²) in [5.74, 6) is 0.816. The van der Waals surface area contributed by atoms with Crippen LogP contribution >= 0.6 is 11.8 Å². The van der Waals surface area contributed by atoms with Crippen molar-refractivity contribution in [3.8, 4) is 0 Å². The van der Waals surface area contributed by atoms with Crippen molar-refractivity contribution in [2.75, 3.05) is 0 Å². The zero-order valence-electron chi connectivity index (χ0n) is 23.0. The number of H-pyrrole nitrogens is 2. The molecular formula is C33H26N8OS. The third kappa shape index (κ3) is 6.35. The number of fused-ring (bicyclic) bond motifs is 4. The lowest BCUT2D eigenvalue weighted by Gasteiger charge is -2.05. The summed E-state index contributed by atoms with van der Waals surface area (Å²) in [7, 11) is 0. The van der Waals surface area contributed by atoms with E-state index in [2.05, 4.69) is 47.5 Å². The van der Waals surface area contributed by atoms with Crippen LogP contribution in [0.25, 0.3) is 43.9 Å². The molecule has 0 radical (unpaired) electrons. The number of benzene rings is 4. The number of rotatable bonds is 7. The van der Waals surface area contributed by atoms with Gasteiger partial charge in [-0.3, -0.25) is 20.2 Å². The van der Waals surface area contributed by atoms with Crippen LogP contribution in [0.5, 0.6) is 0 Å². The highest BCUT2D eigenvalue weighted by Gasteiger charge is 2.06. The normalized spacial score (nSPS) is 11.3. The molecule has 0 saturated carbocycles. The molecule has 0 atom stereocenters. The fraction of sp³-hybridized carbons (Fsp3) is 0.0909. The largest absolute Gasteiger partial charge is 0.370 e. The lowest BCUT2D eigenvalue weighted by Crippen LogP contribution is -1.98. The van der Waals surface area contributed by atoms with Gasteiger partial charge in [-0.1, -0.05) is 48.5 Å². The van der Waals surface area contributed by atoms with E-state index < -0.39 is 0 Å². The molecule has 0 bridgehead atoms. The van der Waals surface area contributed by atoms with Gasteiger partial charge in [-0.05, 0) is 42.0 Å². The van der Waals surface area contributed by atoms with Crippen LogP contribution in [0.4, 0.5) is 0 Å².